The topological polar surface area (TPSA) is 68.2 Å². The van der Waals surface area contributed by atoms with Crippen molar-refractivity contribution in [2.24, 2.45) is 5.16 Å². The molecule has 0 radical (unpaired) electrons. The fourth-order valence-electron chi connectivity index (χ4n) is 3.76. The molecule has 178 valence electrons. The molecule has 0 amide bonds. The lowest BCUT2D eigenvalue weighted by Crippen LogP contribution is -2.38. The van der Waals surface area contributed by atoms with Crippen LogP contribution >= 0.6 is 0 Å². The van der Waals surface area contributed by atoms with Crippen LogP contribution in [0.5, 0.6) is 5.75 Å². The number of ether oxygens (including phenoxy) is 1. The van der Waals surface area contributed by atoms with E-state index in [0.29, 0.717) is 35.4 Å². The Morgan fingerprint density at radius 3 is 1.91 bits per heavy atom. The van der Waals surface area contributed by atoms with Crippen LogP contribution in [0.4, 0.5) is 8.78 Å². The average Bonchev–Trinajstić information content (AvgIpc) is 2.86. The molecule has 6 nitrogen and oxygen atoms in total. The molecular formula is C25H24F2N2O4S. The minimum Gasteiger partial charge on any atom is -0.495 e. The van der Waals surface area contributed by atoms with Gasteiger partial charge in [0.15, 0.2) is 6.10 Å². The summed E-state index contributed by atoms with van der Waals surface area (Å²) in [4.78, 5) is 5.96. The number of halogens is 2. The highest BCUT2D eigenvalue weighted by molar-refractivity contribution is 7.89. The highest BCUT2D eigenvalue weighted by atomic mass is 32.2. The molecular weight excluding hydrogens is 462 g/mol. The van der Waals surface area contributed by atoms with Crippen molar-refractivity contribution in [2.45, 2.75) is 23.8 Å². The van der Waals surface area contributed by atoms with Gasteiger partial charge in [-0.25, -0.2) is 17.2 Å². The van der Waals surface area contributed by atoms with E-state index < -0.39 is 16.1 Å². The van der Waals surface area contributed by atoms with Crippen LogP contribution in [0.2, 0.25) is 0 Å². The van der Waals surface area contributed by atoms with Gasteiger partial charge < -0.3 is 9.57 Å². The normalized spacial score (nSPS) is 14.8. The predicted molar refractivity (Wildman–Crippen MR) is 124 cm³/mol. The molecule has 1 saturated heterocycles. The fourth-order valence-corrected chi connectivity index (χ4v) is 5.36. The summed E-state index contributed by atoms with van der Waals surface area (Å²) in [6.07, 6.45) is 0.131. The van der Waals surface area contributed by atoms with Crippen molar-refractivity contribution in [3.63, 3.8) is 0 Å². The van der Waals surface area contributed by atoms with Crippen molar-refractivity contribution < 1.29 is 26.8 Å². The summed E-state index contributed by atoms with van der Waals surface area (Å²) in [7, 11) is -2.28. The zero-order valence-electron chi connectivity index (χ0n) is 18.5. The summed E-state index contributed by atoms with van der Waals surface area (Å²) in [6.45, 7) is 0.501. The zero-order chi connectivity index (χ0) is 24.1. The monoisotopic (exact) mass is 486 g/mol. The Labute approximate surface area is 197 Å². The second-order valence-electron chi connectivity index (χ2n) is 7.80. The summed E-state index contributed by atoms with van der Waals surface area (Å²) in [5, 5.41) is 4.29. The zero-order valence-corrected chi connectivity index (χ0v) is 19.3. The average molecular weight is 487 g/mol. The molecule has 3 aromatic rings. The minimum atomic E-state index is -3.71. The van der Waals surface area contributed by atoms with Gasteiger partial charge in [-0.3, -0.25) is 0 Å². The molecule has 1 fully saturated rings. The summed E-state index contributed by atoms with van der Waals surface area (Å²) in [5.41, 5.74) is 2.03. The highest BCUT2D eigenvalue weighted by Gasteiger charge is 2.30. The van der Waals surface area contributed by atoms with Crippen molar-refractivity contribution in [1.29, 1.82) is 0 Å². The van der Waals surface area contributed by atoms with Gasteiger partial charge in [0.1, 0.15) is 22.3 Å². The van der Waals surface area contributed by atoms with Crippen LogP contribution in [0.1, 0.15) is 30.1 Å². The molecule has 0 aliphatic carbocycles. The third-order valence-electron chi connectivity index (χ3n) is 5.62. The first-order chi connectivity index (χ1) is 16.4. The van der Waals surface area contributed by atoms with Crippen molar-refractivity contribution in [3.8, 4) is 5.75 Å². The fraction of sp³-hybridized carbons (Fsp3) is 0.240. The molecule has 0 unspecified atom stereocenters. The van der Waals surface area contributed by atoms with Crippen LogP contribution in [-0.2, 0) is 14.9 Å². The van der Waals surface area contributed by atoms with E-state index in [1.54, 1.807) is 42.5 Å². The maximum Gasteiger partial charge on any atom is 0.246 e. The lowest BCUT2D eigenvalue weighted by atomic mass is 10.0. The first kappa shape index (κ1) is 23.8. The summed E-state index contributed by atoms with van der Waals surface area (Å²) in [5.74, 6) is -0.458. The summed E-state index contributed by atoms with van der Waals surface area (Å²) < 4.78 is 59.6. The third-order valence-corrected chi connectivity index (χ3v) is 7.56. The maximum atomic E-state index is 13.4. The van der Waals surface area contributed by atoms with Gasteiger partial charge in [-0.2, -0.15) is 4.31 Å². The highest BCUT2D eigenvalue weighted by Crippen LogP contribution is 2.29. The SMILES string of the molecule is COc1ccccc1S(=O)(=O)N1CCC(=NOC(c2ccc(F)cc2)c2ccc(F)cc2)CC1. The molecule has 9 heteroatoms. The van der Waals surface area contributed by atoms with Crippen molar-refractivity contribution >= 4 is 15.7 Å². The number of para-hydroxylation sites is 1. The standard InChI is InChI=1S/C25H24F2N2O4S/c1-32-23-4-2-3-5-24(23)34(30,31)29-16-14-22(15-17-29)28-33-25(18-6-10-20(26)11-7-18)19-8-12-21(27)13-9-19/h2-13,25H,14-17H2,1H3. The second kappa shape index (κ2) is 10.3. The molecule has 4 rings (SSSR count). The smallest absolute Gasteiger partial charge is 0.246 e. The number of benzene rings is 3. The van der Waals surface area contributed by atoms with E-state index in [0.717, 1.165) is 0 Å². The van der Waals surface area contributed by atoms with Crippen molar-refractivity contribution in [2.75, 3.05) is 20.2 Å². The molecule has 1 aliphatic rings. The van der Waals surface area contributed by atoms with Crippen LogP contribution in [-0.4, -0.2) is 38.6 Å². The molecule has 0 N–H and O–H groups in total. The van der Waals surface area contributed by atoms with Gasteiger partial charge in [0.05, 0.1) is 12.8 Å². The number of oxime groups is 1. The number of piperidine rings is 1. The lowest BCUT2D eigenvalue weighted by Gasteiger charge is -2.27. The molecule has 3 aromatic carbocycles. The van der Waals surface area contributed by atoms with Crippen molar-refractivity contribution in [3.05, 3.63) is 95.6 Å². The van der Waals surface area contributed by atoms with E-state index in [2.05, 4.69) is 5.16 Å². The van der Waals surface area contributed by atoms with E-state index in [-0.39, 0.29) is 29.6 Å². The van der Waals surface area contributed by atoms with Gasteiger partial charge in [0.2, 0.25) is 10.0 Å². The molecule has 0 saturated carbocycles. The lowest BCUT2D eigenvalue weighted by molar-refractivity contribution is 0.0855. The van der Waals surface area contributed by atoms with E-state index in [4.69, 9.17) is 9.57 Å². The Kier molecular flexibility index (Phi) is 7.23. The molecule has 34 heavy (non-hydrogen) atoms. The third kappa shape index (κ3) is 5.26. The summed E-state index contributed by atoms with van der Waals surface area (Å²) >= 11 is 0. The molecule has 0 spiro atoms. The number of rotatable bonds is 7. The van der Waals surface area contributed by atoms with E-state index in [1.165, 1.54) is 41.7 Å². The van der Waals surface area contributed by atoms with Gasteiger partial charge >= 0.3 is 0 Å². The molecule has 0 aromatic heterocycles. The van der Waals surface area contributed by atoms with Gasteiger partial charge in [-0.15, -0.1) is 0 Å². The molecule has 1 aliphatic heterocycles. The van der Waals surface area contributed by atoms with Crippen molar-refractivity contribution in [1.82, 2.24) is 4.31 Å². The predicted octanol–water partition coefficient (Wildman–Crippen LogP) is 4.92. The molecule has 1 heterocycles. The van der Waals surface area contributed by atoms with E-state index in [9.17, 15) is 17.2 Å². The summed E-state index contributed by atoms with van der Waals surface area (Å²) in [6, 6.07) is 18.2. The van der Waals surface area contributed by atoms with Gasteiger partial charge in [-0.1, -0.05) is 41.6 Å². The van der Waals surface area contributed by atoms with Crippen LogP contribution < -0.4 is 4.74 Å². The molecule has 0 bridgehead atoms. The largest absolute Gasteiger partial charge is 0.495 e. The second-order valence-corrected chi connectivity index (χ2v) is 9.71. The van der Waals surface area contributed by atoms with Crippen LogP contribution in [0, 0.1) is 11.6 Å². The number of nitrogens with zero attached hydrogens (tertiary/aromatic N) is 2. The van der Waals surface area contributed by atoms with Crippen LogP contribution in [0.25, 0.3) is 0 Å². The number of methoxy groups -OCH3 is 1. The van der Waals surface area contributed by atoms with Gasteiger partial charge in [0, 0.05) is 25.9 Å². The Hall–Kier alpha value is -3.30. The minimum absolute atomic E-state index is 0.127. The Bertz CT molecular complexity index is 1210. The van der Waals surface area contributed by atoms with Gasteiger partial charge in [0.25, 0.3) is 0 Å². The Morgan fingerprint density at radius 2 is 1.38 bits per heavy atom. The molecule has 0 atom stereocenters. The van der Waals surface area contributed by atoms with Crippen LogP contribution in [0.3, 0.4) is 0 Å². The number of hydrogen-bond acceptors (Lipinski definition) is 5. The first-order valence-corrected chi connectivity index (χ1v) is 12.2. The number of hydrogen-bond donors (Lipinski definition) is 0. The van der Waals surface area contributed by atoms with Crippen LogP contribution in [0.15, 0.2) is 82.8 Å². The van der Waals surface area contributed by atoms with Gasteiger partial charge in [-0.05, 0) is 47.5 Å². The number of sulfonamides is 1. The Balaban J connectivity index is 1.49. The van der Waals surface area contributed by atoms with E-state index >= 15 is 0 Å². The van der Waals surface area contributed by atoms with E-state index in [1.807, 2.05) is 0 Å². The first-order valence-electron chi connectivity index (χ1n) is 10.7. The quantitative estimate of drug-likeness (QED) is 0.445. The Morgan fingerprint density at radius 1 is 0.853 bits per heavy atom. The maximum absolute atomic E-state index is 13.4.